The van der Waals surface area contributed by atoms with Crippen LogP contribution in [0.4, 0.5) is 0 Å². The van der Waals surface area contributed by atoms with Crippen LogP contribution in [0.2, 0.25) is 0 Å². The number of Topliss-reactive ketones (excluding diaryl/α,β-unsaturated/α-hetero) is 1. The third-order valence-electron chi connectivity index (χ3n) is 1.93. The topological polar surface area (TPSA) is 68.1 Å². The zero-order valence-electron chi connectivity index (χ0n) is 8.73. The fourth-order valence-electron chi connectivity index (χ4n) is 1.15. The van der Waals surface area contributed by atoms with Crippen LogP contribution in [0.25, 0.3) is 0 Å². The molecule has 0 bridgehead atoms. The number of methoxy groups -OCH3 is 2. The largest absolute Gasteiger partial charge is 0.497 e. The van der Waals surface area contributed by atoms with Gasteiger partial charge in [-0.15, -0.1) is 0 Å². The van der Waals surface area contributed by atoms with Crippen molar-refractivity contribution in [2.45, 2.75) is 0 Å². The Morgan fingerprint density at radius 1 is 1.38 bits per heavy atom. The zero-order valence-corrected chi connectivity index (χ0v) is 10.3. The molecule has 0 aliphatic rings. The van der Waals surface area contributed by atoms with E-state index in [1.54, 1.807) is 12.1 Å². The van der Waals surface area contributed by atoms with Gasteiger partial charge in [0, 0.05) is 0 Å². The lowest BCUT2D eigenvalue weighted by Crippen LogP contribution is -2.09. The van der Waals surface area contributed by atoms with E-state index in [4.69, 9.17) is 14.7 Å². The fraction of sp³-hybridized carbons (Fsp3) is 0.200. The van der Waals surface area contributed by atoms with E-state index in [0.717, 1.165) is 0 Å². The molecule has 0 atom stereocenters. The van der Waals surface area contributed by atoms with E-state index in [-0.39, 0.29) is 10.2 Å². The number of hydrogen-bond acceptors (Lipinski definition) is 5. The first-order chi connectivity index (χ1) is 7.63. The highest BCUT2D eigenvalue weighted by Gasteiger charge is 2.17. The average molecular weight is 288 g/mol. The highest BCUT2D eigenvalue weighted by atomic mass is 79.9. The lowest BCUT2D eigenvalue weighted by molar-refractivity contribution is 0.106. The van der Waals surface area contributed by atoms with Gasteiger partial charge in [0.25, 0.3) is 0 Å². The molecule has 0 aliphatic heterocycles. The van der Waals surface area contributed by atoms with Gasteiger partial charge in [0.05, 0.1) is 19.8 Å². The lowest BCUT2D eigenvalue weighted by Gasteiger charge is -2.08. The van der Waals surface area contributed by atoms with Crippen LogP contribution in [-0.2, 0) is 0 Å². The van der Waals surface area contributed by atoms with E-state index in [2.05, 4.69) is 21.1 Å². The summed E-state index contributed by atoms with van der Waals surface area (Å²) in [4.78, 5) is 11.8. The minimum Gasteiger partial charge on any atom is -0.497 e. The number of hydrogen-bond donors (Lipinski definition) is 1. The second kappa shape index (κ2) is 5.50. The first kappa shape index (κ1) is 12.5. The summed E-state index contributed by atoms with van der Waals surface area (Å²) in [5, 5.41) is 11.3. The SMILES string of the molecule is COc1ccc(OC)c(C(=O)/C(Br)=N/O)c1. The van der Waals surface area contributed by atoms with Crippen molar-refractivity contribution < 1.29 is 19.5 Å². The molecule has 0 spiro atoms. The number of carbonyl (C=O) groups is 1. The molecule has 0 radical (unpaired) electrons. The molecule has 0 unspecified atom stereocenters. The summed E-state index contributed by atoms with van der Waals surface area (Å²) in [7, 11) is 2.94. The molecule has 0 heterocycles. The molecule has 1 rings (SSSR count). The van der Waals surface area contributed by atoms with Crippen molar-refractivity contribution >= 4 is 26.3 Å². The van der Waals surface area contributed by atoms with Gasteiger partial charge in [0.1, 0.15) is 11.5 Å². The van der Waals surface area contributed by atoms with Gasteiger partial charge in [-0.1, -0.05) is 5.16 Å². The van der Waals surface area contributed by atoms with E-state index in [1.165, 1.54) is 20.3 Å². The molecule has 1 N–H and O–H groups in total. The van der Waals surface area contributed by atoms with Gasteiger partial charge in [-0.05, 0) is 34.1 Å². The van der Waals surface area contributed by atoms with Crippen LogP contribution in [-0.4, -0.2) is 29.8 Å². The number of halogens is 1. The Morgan fingerprint density at radius 3 is 2.56 bits per heavy atom. The Labute approximate surface area is 101 Å². The zero-order chi connectivity index (χ0) is 12.1. The third kappa shape index (κ3) is 2.52. The van der Waals surface area contributed by atoms with Gasteiger partial charge in [0.15, 0.2) is 4.62 Å². The Bertz CT molecular complexity index is 431. The van der Waals surface area contributed by atoms with Crippen molar-refractivity contribution in [3.63, 3.8) is 0 Å². The normalized spacial score (nSPS) is 11.1. The summed E-state index contributed by atoms with van der Waals surface area (Å²) in [5.41, 5.74) is 0.256. The number of nitrogens with zero attached hydrogens (tertiary/aromatic N) is 1. The number of ether oxygens (including phenoxy) is 2. The number of carbonyl (C=O) groups excluding carboxylic acids is 1. The van der Waals surface area contributed by atoms with E-state index in [0.29, 0.717) is 11.5 Å². The maximum atomic E-state index is 11.8. The monoisotopic (exact) mass is 287 g/mol. The van der Waals surface area contributed by atoms with E-state index >= 15 is 0 Å². The van der Waals surface area contributed by atoms with Gasteiger partial charge in [0.2, 0.25) is 5.78 Å². The first-order valence-electron chi connectivity index (χ1n) is 4.28. The van der Waals surface area contributed by atoms with Crippen LogP contribution in [0.1, 0.15) is 10.4 Å². The summed E-state index contributed by atoms with van der Waals surface area (Å²) >= 11 is 2.84. The summed E-state index contributed by atoms with van der Waals surface area (Å²) in [6.07, 6.45) is 0. The first-order valence-corrected chi connectivity index (χ1v) is 5.07. The number of ketones is 1. The quantitative estimate of drug-likeness (QED) is 0.398. The molecular formula is C10H10BrNO4. The van der Waals surface area contributed by atoms with Gasteiger partial charge in [-0.2, -0.15) is 0 Å². The minimum absolute atomic E-state index is 0.195. The average Bonchev–Trinajstić information content (AvgIpc) is 2.35. The molecule has 0 fully saturated rings. The summed E-state index contributed by atoms with van der Waals surface area (Å²) in [6.45, 7) is 0. The maximum absolute atomic E-state index is 11.8. The Hall–Kier alpha value is -1.56. The van der Waals surface area contributed by atoms with Crippen molar-refractivity contribution in [2.24, 2.45) is 5.16 Å². The molecule has 6 heteroatoms. The summed E-state index contributed by atoms with van der Waals surface area (Å²) in [5.74, 6) is 0.409. The molecule has 0 saturated carbocycles. The molecular weight excluding hydrogens is 278 g/mol. The highest BCUT2D eigenvalue weighted by molar-refractivity contribution is 9.19. The molecule has 5 nitrogen and oxygen atoms in total. The van der Waals surface area contributed by atoms with Gasteiger partial charge < -0.3 is 14.7 Å². The molecule has 1 aromatic rings. The van der Waals surface area contributed by atoms with Gasteiger partial charge in [-0.25, -0.2) is 0 Å². The molecule has 0 aromatic heterocycles. The lowest BCUT2D eigenvalue weighted by atomic mass is 10.1. The van der Waals surface area contributed by atoms with Crippen LogP contribution < -0.4 is 9.47 Å². The van der Waals surface area contributed by atoms with E-state index in [1.807, 2.05) is 0 Å². The van der Waals surface area contributed by atoms with Crippen LogP contribution in [0.3, 0.4) is 0 Å². The smallest absolute Gasteiger partial charge is 0.225 e. The second-order valence-corrected chi connectivity index (χ2v) is 3.54. The van der Waals surface area contributed by atoms with Crippen molar-refractivity contribution in [3.8, 4) is 11.5 Å². The number of rotatable bonds is 4. The van der Waals surface area contributed by atoms with Crippen molar-refractivity contribution in [2.75, 3.05) is 14.2 Å². The van der Waals surface area contributed by atoms with Crippen LogP contribution in [0, 0.1) is 0 Å². The van der Waals surface area contributed by atoms with Crippen molar-refractivity contribution in [1.82, 2.24) is 0 Å². The Balaban J connectivity index is 3.23. The predicted octanol–water partition coefficient (Wildman–Crippen LogP) is 2.07. The van der Waals surface area contributed by atoms with Gasteiger partial charge >= 0.3 is 0 Å². The van der Waals surface area contributed by atoms with E-state index in [9.17, 15) is 4.79 Å². The second-order valence-electron chi connectivity index (χ2n) is 2.79. The third-order valence-corrected chi connectivity index (χ3v) is 2.45. The van der Waals surface area contributed by atoms with Crippen LogP contribution in [0.5, 0.6) is 11.5 Å². The molecule has 0 saturated heterocycles. The molecule has 86 valence electrons. The van der Waals surface area contributed by atoms with Crippen LogP contribution in [0.15, 0.2) is 23.4 Å². The standard InChI is InChI=1S/C10H10BrNO4/c1-15-6-3-4-8(16-2)7(5-6)9(13)10(11)12-14/h3-5,14H,1-2H3/b12-10-. The molecule has 1 aromatic carbocycles. The van der Waals surface area contributed by atoms with Gasteiger partial charge in [-0.3, -0.25) is 4.79 Å². The molecule has 0 aliphatic carbocycles. The van der Waals surface area contributed by atoms with Crippen molar-refractivity contribution in [3.05, 3.63) is 23.8 Å². The Kier molecular flexibility index (Phi) is 4.30. The fourth-order valence-corrected chi connectivity index (χ4v) is 1.36. The number of benzene rings is 1. The predicted molar refractivity (Wildman–Crippen MR) is 62.0 cm³/mol. The van der Waals surface area contributed by atoms with E-state index < -0.39 is 5.78 Å². The number of oxime groups is 1. The minimum atomic E-state index is -0.488. The van der Waals surface area contributed by atoms with Crippen molar-refractivity contribution in [1.29, 1.82) is 0 Å². The summed E-state index contributed by atoms with van der Waals surface area (Å²) < 4.78 is 9.82. The highest BCUT2D eigenvalue weighted by Crippen LogP contribution is 2.25. The molecule has 0 amide bonds. The Morgan fingerprint density at radius 2 is 2.06 bits per heavy atom. The van der Waals surface area contributed by atoms with Crippen LogP contribution >= 0.6 is 15.9 Å². The molecule has 16 heavy (non-hydrogen) atoms. The maximum Gasteiger partial charge on any atom is 0.225 e. The summed E-state index contributed by atoms with van der Waals surface area (Å²) in [6, 6.07) is 4.77.